The van der Waals surface area contributed by atoms with E-state index in [1.54, 1.807) is 17.0 Å². The van der Waals surface area contributed by atoms with Crippen LogP contribution >= 0.6 is 0 Å². The largest absolute Gasteiger partial charge is 0.467 e. The van der Waals surface area contributed by atoms with E-state index in [1.807, 2.05) is 78.6 Å². The van der Waals surface area contributed by atoms with Gasteiger partial charge in [0.05, 0.1) is 40.1 Å². The minimum absolute atomic E-state index is 0.240. The second-order valence-corrected chi connectivity index (χ2v) is 9.45. The molecular weight excluding hydrogens is 517 g/mol. The van der Waals surface area contributed by atoms with Gasteiger partial charge >= 0.3 is 6.18 Å². The predicted octanol–water partition coefficient (Wildman–Crippen LogP) is 7.59. The molecule has 198 valence electrons. The number of aliphatic imine (C=N–C) groups is 2. The highest BCUT2D eigenvalue weighted by molar-refractivity contribution is 6.51. The molecule has 7 rings (SSSR count). The number of fused-ring (bicyclic) bond motifs is 4. The van der Waals surface area contributed by atoms with Crippen molar-refractivity contribution < 1.29 is 17.6 Å². The Kier molecular flexibility index (Phi) is 5.38. The van der Waals surface area contributed by atoms with E-state index >= 15 is 0 Å². The van der Waals surface area contributed by atoms with E-state index in [2.05, 4.69) is 5.32 Å². The van der Waals surface area contributed by atoms with Crippen molar-refractivity contribution in [2.24, 2.45) is 9.98 Å². The lowest BCUT2D eigenvalue weighted by Gasteiger charge is -2.39. The van der Waals surface area contributed by atoms with Gasteiger partial charge in [-0.2, -0.15) is 18.3 Å². The summed E-state index contributed by atoms with van der Waals surface area (Å²) >= 11 is 0. The molecule has 0 radical (unpaired) electrons. The Bertz CT molecular complexity index is 1790. The molecule has 1 N–H and O–H groups in total. The Morgan fingerprint density at radius 3 is 2.45 bits per heavy atom. The van der Waals surface area contributed by atoms with E-state index in [9.17, 15) is 13.2 Å². The highest BCUT2D eigenvalue weighted by Crippen LogP contribution is 2.48. The molecule has 4 heterocycles. The zero-order chi connectivity index (χ0) is 27.4. The first-order valence-corrected chi connectivity index (χ1v) is 12.6. The first-order chi connectivity index (χ1) is 19.4. The van der Waals surface area contributed by atoms with Crippen LogP contribution in [-0.4, -0.2) is 21.5 Å². The molecule has 2 aliphatic rings. The standard InChI is InChI=1S/C30H21F3N6O/c1-18-25-26(24-15-8-16-40-24)38-23-14-6-5-13-22(23)35-27(34-20-10-7-9-19(17-20)30(31,32)33)29(38)36-28(25)39(37-18)21-11-3-2-4-12-21/h2-17,26H,1H3,(H,34,35)/t26-/m0/s1. The van der Waals surface area contributed by atoms with Crippen LogP contribution in [0.4, 0.5) is 36.1 Å². The van der Waals surface area contributed by atoms with Gasteiger partial charge in [0, 0.05) is 5.69 Å². The first kappa shape index (κ1) is 24.0. The van der Waals surface area contributed by atoms with E-state index < -0.39 is 17.8 Å². The van der Waals surface area contributed by atoms with Gasteiger partial charge in [-0.15, -0.1) is 0 Å². The summed E-state index contributed by atoms with van der Waals surface area (Å²) in [4.78, 5) is 11.9. The molecule has 0 spiro atoms. The number of furan rings is 1. The van der Waals surface area contributed by atoms with Gasteiger partial charge in [-0.3, -0.25) is 0 Å². The zero-order valence-electron chi connectivity index (χ0n) is 21.1. The summed E-state index contributed by atoms with van der Waals surface area (Å²) < 4.78 is 48.2. The zero-order valence-corrected chi connectivity index (χ0v) is 21.1. The van der Waals surface area contributed by atoms with E-state index in [-0.39, 0.29) is 5.69 Å². The molecule has 0 saturated heterocycles. The van der Waals surface area contributed by atoms with Gasteiger partial charge in [-0.25, -0.2) is 14.7 Å². The molecule has 3 aromatic carbocycles. The van der Waals surface area contributed by atoms with Gasteiger partial charge in [0.1, 0.15) is 11.8 Å². The molecule has 2 aliphatic heterocycles. The fourth-order valence-electron chi connectivity index (χ4n) is 5.17. The highest BCUT2D eigenvalue weighted by Gasteiger charge is 2.42. The number of nitrogens with zero attached hydrogens (tertiary/aromatic N) is 5. The summed E-state index contributed by atoms with van der Waals surface area (Å²) in [5.41, 5.74) is 3.37. The molecule has 0 saturated carbocycles. The molecule has 7 nitrogen and oxygen atoms in total. The topological polar surface area (TPSA) is 71.0 Å². The third kappa shape index (κ3) is 3.87. The second kappa shape index (κ2) is 8.98. The maximum absolute atomic E-state index is 13.5. The number of amidine groups is 2. The highest BCUT2D eigenvalue weighted by atomic mass is 19.4. The van der Waals surface area contributed by atoms with Crippen LogP contribution in [0.1, 0.15) is 28.6 Å². The quantitative estimate of drug-likeness (QED) is 0.257. The van der Waals surface area contributed by atoms with Crippen LogP contribution in [0, 0.1) is 6.92 Å². The van der Waals surface area contributed by atoms with Crippen molar-refractivity contribution in [2.45, 2.75) is 19.1 Å². The Labute approximate surface area is 226 Å². The predicted molar refractivity (Wildman–Crippen MR) is 147 cm³/mol. The number of para-hydroxylation sites is 3. The average molecular weight is 539 g/mol. The number of hydrogen-bond acceptors (Lipinski definition) is 6. The number of anilines is 2. The van der Waals surface area contributed by atoms with Crippen molar-refractivity contribution in [2.75, 3.05) is 10.2 Å². The maximum atomic E-state index is 13.5. The summed E-state index contributed by atoms with van der Waals surface area (Å²) in [5.74, 6) is 1.99. The lowest BCUT2D eigenvalue weighted by molar-refractivity contribution is -0.137. The van der Waals surface area contributed by atoms with E-state index in [4.69, 9.17) is 19.5 Å². The van der Waals surface area contributed by atoms with Gasteiger partial charge in [0.25, 0.3) is 0 Å². The molecule has 0 amide bonds. The maximum Gasteiger partial charge on any atom is 0.416 e. The number of alkyl halides is 3. The average Bonchev–Trinajstić information content (AvgIpc) is 3.61. The number of benzene rings is 3. The van der Waals surface area contributed by atoms with Crippen molar-refractivity contribution in [1.82, 2.24) is 9.78 Å². The van der Waals surface area contributed by atoms with E-state index in [0.717, 1.165) is 34.8 Å². The van der Waals surface area contributed by atoms with Crippen molar-refractivity contribution in [3.05, 3.63) is 120 Å². The number of halogens is 3. The normalized spacial score (nSPS) is 16.0. The number of aromatic nitrogens is 2. The van der Waals surface area contributed by atoms with Crippen LogP contribution < -0.4 is 10.2 Å². The molecule has 0 unspecified atom stereocenters. The van der Waals surface area contributed by atoms with Crippen LogP contribution in [0.3, 0.4) is 0 Å². The van der Waals surface area contributed by atoms with Gasteiger partial charge in [0.15, 0.2) is 17.5 Å². The summed E-state index contributed by atoms with van der Waals surface area (Å²) in [6.07, 6.45) is -2.87. The van der Waals surface area contributed by atoms with Crippen molar-refractivity contribution in [1.29, 1.82) is 0 Å². The van der Waals surface area contributed by atoms with Crippen LogP contribution in [-0.2, 0) is 6.18 Å². The molecule has 1 atom stereocenters. The molecule has 10 heteroatoms. The van der Waals surface area contributed by atoms with Crippen LogP contribution in [0.5, 0.6) is 0 Å². The number of rotatable bonds is 3. The lowest BCUT2D eigenvalue weighted by atomic mass is 9.98. The van der Waals surface area contributed by atoms with Crippen LogP contribution in [0.15, 0.2) is 112 Å². The smallest absolute Gasteiger partial charge is 0.416 e. The SMILES string of the molecule is Cc1nn(-c2ccccc2)c2c1[C@H](c1ccco1)N1C(=N2)C(Nc2cccc(C(F)(F)F)c2)=Nc2ccccc21. The van der Waals surface area contributed by atoms with E-state index in [1.165, 1.54) is 6.07 Å². The molecule has 0 fully saturated rings. The summed E-state index contributed by atoms with van der Waals surface area (Å²) in [5, 5.41) is 7.95. The van der Waals surface area contributed by atoms with Crippen molar-refractivity contribution in [3.63, 3.8) is 0 Å². The Morgan fingerprint density at radius 1 is 0.875 bits per heavy atom. The van der Waals surface area contributed by atoms with Crippen molar-refractivity contribution >= 4 is 34.6 Å². The number of hydrogen-bond donors (Lipinski definition) is 1. The minimum Gasteiger partial charge on any atom is -0.467 e. The molecule has 5 aromatic rings. The Hall–Kier alpha value is -5.12. The van der Waals surface area contributed by atoms with Crippen LogP contribution in [0.2, 0.25) is 0 Å². The monoisotopic (exact) mass is 538 g/mol. The third-order valence-corrected chi connectivity index (χ3v) is 6.90. The van der Waals surface area contributed by atoms with Gasteiger partial charge in [0.2, 0.25) is 0 Å². The van der Waals surface area contributed by atoms with Crippen molar-refractivity contribution in [3.8, 4) is 5.69 Å². The molecule has 0 aliphatic carbocycles. The summed E-state index contributed by atoms with van der Waals surface area (Å²) in [6, 6.07) is 25.5. The fraction of sp³-hybridized carbons (Fsp3) is 0.100. The summed E-state index contributed by atoms with van der Waals surface area (Å²) in [7, 11) is 0. The van der Waals surface area contributed by atoms with E-state index in [0.29, 0.717) is 28.9 Å². The lowest BCUT2D eigenvalue weighted by Crippen LogP contribution is -2.46. The fourth-order valence-corrected chi connectivity index (χ4v) is 5.17. The molecule has 2 aromatic heterocycles. The number of nitrogens with one attached hydrogen (secondary N) is 1. The second-order valence-electron chi connectivity index (χ2n) is 9.45. The summed E-state index contributed by atoms with van der Waals surface area (Å²) in [6.45, 7) is 1.93. The Balaban J connectivity index is 1.46. The molecular formula is C30H21F3N6O. The first-order valence-electron chi connectivity index (χ1n) is 12.6. The molecule has 0 bridgehead atoms. The minimum atomic E-state index is -4.48. The van der Waals surface area contributed by atoms with Gasteiger partial charge < -0.3 is 14.6 Å². The number of aryl methyl sites for hydroxylation is 1. The Morgan fingerprint density at radius 2 is 1.68 bits per heavy atom. The third-order valence-electron chi connectivity index (χ3n) is 6.90. The van der Waals surface area contributed by atoms with Gasteiger partial charge in [-0.05, 0) is 61.5 Å². The molecule has 40 heavy (non-hydrogen) atoms. The van der Waals surface area contributed by atoms with Gasteiger partial charge in [-0.1, -0.05) is 36.4 Å². The van der Waals surface area contributed by atoms with Crippen LogP contribution in [0.25, 0.3) is 5.69 Å².